The van der Waals surface area contributed by atoms with Gasteiger partial charge in [0.15, 0.2) is 0 Å². The molecule has 0 aliphatic carbocycles. The van der Waals surface area contributed by atoms with Crippen molar-refractivity contribution in [3.63, 3.8) is 0 Å². The molecule has 0 unspecified atom stereocenters. The maximum absolute atomic E-state index is 11.8. The average molecular weight is 452 g/mol. The summed E-state index contributed by atoms with van der Waals surface area (Å²) in [5.41, 5.74) is 2.38. The molecule has 0 radical (unpaired) electrons. The second-order valence-corrected chi connectivity index (χ2v) is 9.99. The normalized spacial score (nSPS) is 19.1. The number of piperidine rings is 1. The summed E-state index contributed by atoms with van der Waals surface area (Å²) in [4.78, 5) is 16.9. The van der Waals surface area contributed by atoms with Crippen molar-refractivity contribution in [1.82, 2.24) is 10.2 Å². The monoisotopic (exact) mass is 451 g/mol. The Morgan fingerprint density at radius 2 is 1.86 bits per heavy atom. The van der Waals surface area contributed by atoms with E-state index < -0.39 is 5.60 Å². The van der Waals surface area contributed by atoms with E-state index in [1.807, 2.05) is 20.8 Å². The summed E-state index contributed by atoms with van der Waals surface area (Å²) in [5.74, 6) is 0.534. The van der Waals surface area contributed by atoms with Crippen LogP contribution in [-0.4, -0.2) is 49.3 Å². The van der Waals surface area contributed by atoms with Crippen LogP contribution in [0.2, 0.25) is 0 Å². The quantitative estimate of drug-likeness (QED) is 0.698. The summed E-state index contributed by atoms with van der Waals surface area (Å²) < 4.78 is 6.49. The number of likely N-dealkylation sites (tertiary alicyclic amines) is 1. The molecule has 0 atom stereocenters. The van der Waals surface area contributed by atoms with Crippen molar-refractivity contribution in [1.29, 1.82) is 0 Å². The molecule has 0 aromatic heterocycles. The first kappa shape index (κ1) is 21.4. The number of nitrogens with one attached hydrogen (secondary N) is 1. The molecule has 0 saturated carbocycles. The Morgan fingerprint density at radius 3 is 2.50 bits per heavy atom. The molecule has 3 rings (SSSR count). The van der Waals surface area contributed by atoms with Gasteiger partial charge in [0, 0.05) is 36.3 Å². The second-order valence-electron chi connectivity index (χ2n) is 9.07. The van der Waals surface area contributed by atoms with Gasteiger partial charge in [-0.3, -0.25) is 4.90 Å². The molecule has 0 bridgehead atoms. The zero-order chi connectivity index (χ0) is 20.1. The van der Waals surface area contributed by atoms with Crippen LogP contribution in [0, 0.1) is 5.92 Å². The van der Waals surface area contributed by atoms with Crippen LogP contribution in [0.25, 0.3) is 0 Å². The third-order valence-electron chi connectivity index (χ3n) is 5.53. The maximum atomic E-state index is 11.8. The predicted octanol–water partition coefficient (Wildman–Crippen LogP) is 4.79. The molecule has 156 valence electrons. The van der Waals surface area contributed by atoms with E-state index in [0.29, 0.717) is 12.5 Å². The van der Waals surface area contributed by atoms with Crippen LogP contribution in [0.4, 0.5) is 10.5 Å². The van der Waals surface area contributed by atoms with Crippen molar-refractivity contribution in [2.75, 3.05) is 37.6 Å². The van der Waals surface area contributed by atoms with Gasteiger partial charge in [-0.1, -0.05) is 22.0 Å². The van der Waals surface area contributed by atoms with Gasteiger partial charge >= 0.3 is 6.09 Å². The number of rotatable bonds is 5. The number of halogens is 1. The Morgan fingerprint density at radius 1 is 1.18 bits per heavy atom. The lowest BCUT2D eigenvalue weighted by molar-refractivity contribution is 0.0509. The average Bonchev–Trinajstić information content (AvgIpc) is 3.16. The Balaban J connectivity index is 1.48. The zero-order valence-electron chi connectivity index (χ0n) is 17.5. The third kappa shape index (κ3) is 6.38. The second kappa shape index (κ2) is 9.49. The highest BCUT2D eigenvalue weighted by molar-refractivity contribution is 9.10. The van der Waals surface area contributed by atoms with Gasteiger partial charge in [0.2, 0.25) is 0 Å². The maximum Gasteiger partial charge on any atom is 0.407 e. The van der Waals surface area contributed by atoms with Gasteiger partial charge in [-0.15, -0.1) is 0 Å². The molecule has 6 heteroatoms. The summed E-state index contributed by atoms with van der Waals surface area (Å²) >= 11 is 3.64. The fourth-order valence-corrected chi connectivity index (χ4v) is 4.40. The SMILES string of the molecule is CC(C)(C)OC(=O)NCC1CCN(Cc2ccc(Br)cc2N2CCCC2)CC1. The van der Waals surface area contributed by atoms with Crippen molar-refractivity contribution >= 4 is 27.7 Å². The lowest BCUT2D eigenvalue weighted by atomic mass is 9.96. The van der Waals surface area contributed by atoms with E-state index in [-0.39, 0.29) is 6.09 Å². The predicted molar refractivity (Wildman–Crippen MR) is 118 cm³/mol. The summed E-state index contributed by atoms with van der Waals surface area (Å²) in [6.07, 6.45) is 4.51. The van der Waals surface area contributed by atoms with Crippen LogP contribution in [0.15, 0.2) is 22.7 Å². The molecule has 2 saturated heterocycles. The van der Waals surface area contributed by atoms with Gasteiger partial charge < -0.3 is 15.0 Å². The Bertz CT molecular complexity index is 660. The highest BCUT2D eigenvalue weighted by Gasteiger charge is 2.23. The number of carbonyl (C=O) groups excluding carboxylic acids is 1. The molecule has 2 aliphatic rings. The zero-order valence-corrected chi connectivity index (χ0v) is 19.1. The van der Waals surface area contributed by atoms with Gasteiger partial charge in [0.05, 0.1) is 0 Å². The number of nitrogens with zero attached hydrogens (tertiary/aromatic N) is 2. The van der Waals surface area contributed by atoms with Crippen molar-refractivity contribution in [2.45, 2.75) is 58.6 Å². The summed E-state index contributed by atoms with van der Waals surface area (Å²) in [6.45, 7) is 11.9. The topological polar surface area (TPSA) is 44.8 Å². The number of alkyl carbamates (subject to hydrolysis) is 1. The van der Waals surface area contributed by atoms with E-state index in [4.69, 9.17) is 4.74 Å². The number of benzene rings is 1. The fraction of sp³-hybridized carbons (Fsp3) is 0.682. The third-order valence-corrected chi connectivity index (χ3v) is 6.02. The van der Waals surface area contributed by atoms with Gasteiger partial charge in [0.25, 0.3) is 0 Å². The van der Waals surface area contributed by atoms with Crippen molar-refractivity contribution in [2.24, 2.45) is 5.92 Å². The van der Waals surface area contributed by atoms with Crippen LogP contribution in [0.1, 0.15) is 52.0 Å². The highest BCUT2D eigenvalue weighted by Crippen LogP contribution is 2.30. The summed E-state index contributed by atoms with van der Waals surface area (Å²) in [5, 5.41) is 2.93. The van der Waals surface area contributed by atoms with E-state index in [0.717, 1.165) is 36.9 Å². The first-order valence-electron chi connectivity index (χ1n) is 10.5. The molecule has 28 heavy (non-hydrogen) atoms. The summed E-state index contributed by atoms with van der Waals surface area (Å²) in [7, 11) is 0. The molecule has 1 amide bonds. The van der Waals surface area contributed by atoms with Gasteiger partial charge in [0.1, 0.15) is 5.60 Å². The van der Waals surface area contributed by atoms with E-state index >= 15 is 0 Å². The van der Waals surface area contributed by atoms with Crippen molar-refractivity contribution in [3.8, 4) is 0 Å². The number of hydrogen-bond acceptors (Lipinski definition) is 4. The molecule has 2 fully saturated rings. The van der Waals surface area contributed by atoms with E-state index in [2.05, 4.69) is 49.2 Å². The van der Waals surface area contributed by atoms with E-state index in [9.17, 15) is 4.79 Å². The molecule has 2 aliphatic heterocycles. The molecule has 1 N–H and O–H groups in total. The van der Waals surface area contributed by atoms with Crippen molar-refractivity contribution in [3.05, 3.63) is 28.2 Å². The van der Waals surface area contributed by atoms with Gasteiger partial charge in [-0.2, -0.15) is 0 Å². The minimum atomic E-state index is -0.439. The minimum Gasteiger partial charge on any atom is -0.444 e. The van der Waals surface area contributed by atoms with E-state index in [1.54, 1.807) is 0 Å². The number of hydrogen-bond donors (Lipinski definition) is 1. The Kier molecular flexibility index (Phi) is 7.26. The molecule has 1 aromatic carbocycles. The number of ether oxygens (including phenoxy) is 1. The Labute approximate surface area is 177 Å². The molecule has 5 nitrogen and oxygen atoms in total. The molecular weight excluding hydrogens is 418 g/mol. The minimum absolute atomic E-state index is 0.306. The summed E-state index contributed by atoms with van der Waals surface area (Å²) in [6, 6.07) is 6.71. The largest absolute Gasteiger partial charge is 0.444 e. The molecule has 0 spiro atoms. The van der Waals surface area contributed by atoms with E-state index in [1.165, 1.54) is 37.2 Å². The first-order valence-corrected chi connectivity index (χ1v) is 11.3. The Hall–Kier alpha value is -1.27. The number of amides is 1. The highest BCUT2D eigenvalue weighted by atomic mass is 79.9. The van der Waals surface area contributed by atoms with Crippen LogP contribution in [0.5, 0.6) is 0 Å². The van der Waals surface area contributed by atoms with Crippen LogP contribution in [0.3, 0.4) is 0 Å². The van der Waals surface area contributed by atoms with Crippen molar-refractivity contribution < 1.29 is 9.53 Å². The van der Waals surface area contributed by atoms with Crippen LogP contribution >= 0.6 is 15.9 Å². The fourth-order valence-electron chi connectivity index (χ4n) is 4.05. The lowest BCUT2D eigenvalue weighted by Crippen LogP contribution is -2.40. The van der Waals surface area contributed by atoms with Gasteiger partial charge in [-0.05, 0) is 83.2 Å². The van der Waals surface area contributed by atoms with Crippen LogP contribution in [-0.2, 0) is 11.3 Å². The molecule has 1 aromatic rings. The molecular formula is C22H34BrN3O2. The van der Waals surface area contributed by atoms with Gasteiger partial charge in [-0.25, -0.2) is 4.79 Å². The number of anilines is 1. The molecule has 2 heterocycles. The number of carbonyl (C=O) groups is 1. The lowest BCUT2D eigenvalue weighted by Gasteiger charge is -2.33. The standard InChI is InChI=1S/C22H34BrN3O2/c1-22(2,3)28-21(27)24-15-17-8-12-25(13-9-17)16-18-6-7-19(23)14-20(18)26-10-4-5-11-26/h6-7,14,17H,4-5,8-13,15-16H2,1-3H3,(H,24,27). The first-order chi connectivity index (χ1) is 13.3. The van der Waals surface area contributed by atoms with Crippen LogP contribution < -0.4 is 10.2 Å². The smallest absolute Gasteiger partial charge is 0.407 e.